The van der Waals surface area contributed by atoms with Gasteiger partial charge in [-0.3, -0.25) is 4.79 Å². The summed E-state index contributed by atoms with van der Waals surface area (Å²) in [5, 5.41) is 0.158. The zero-order valence-corrected chi connectivity index (χ0v) is 12.1. The Bertz CT molecular complexity index is 448. The fourth-order valence-corrected chi connectivity index (χ4v) is 3.66. The van der Waals surface area contributed by atoms with E-state index in [0.717, 1.165) is 34.6 Å². The van der Waals surface area contributed by atoms with E-state index < -0.39 is 0 Å². The number of benzene rings is 1. The minimum Gasteiger partial charge on any atom is -0.496 e. The van der Waals surface area contributed by atoms with Crippen molar-refractivity contribution < 1.29 is 9.53 Å². The van der Waals surface area contributed by atoms with Crippen LogP contribution in [0.3, 0.4) is 0 Å². The second-order valence-corrected chi connectivity index (χ2v) is 6.17. The van der Waals surface area contributed by atoms with Crippen molar-refractivity contribution in [3.05, 3.63) is 28.8 Å². The van der Waals surface area contributed by atoms with Gasteiger partial charge in [0.15, 0.2) is 5.78 Å². The first-order valence-corrected chi connectivity index (χ1v) is 7.49. The lowest BCUT2D eigenvalue weighted by molar-refractivity contribution is 0.0984. The van der Waals surface area contributed by atoms with Gasteiger partial charge >= 0.3 is 0 Å². The molecule has 0 N–H and O–H groups in total. The Balaban J connectivity index is 2.27. The number of aryl methyl sites for hydroxylation is 2. The van der Waals surface area contributed by atoms with E-state index in [2.05, 4.69) is 0 Å². The van der Waals surface area contributed by atoms with Gasteiger partial charge in [0.2, 0.25) is 0 Å². The summed E-state index contributed by atoms with van der Waals surface area (Å²) in [6.07, 6.45) is 3.45. The lowest BCUT2D eigenvalue weighted by atomic mass is 9.97. The van der Waals surface area contributed by atoms with Gasteiger partial charge in [0.05, 0.1) is 12.4 Å². The first-order valence-electron chi connectivity index (χ1n) is 6.44. The quantitative estimate of drug-likeness (QED) is 0.777. The molecule has 0 spiro atoms. The summed E-state index contributed by atoms with van der Waals surface area (Å²) >= 11 is 1.81. The number of hydrogen-bond donors (Lipinski definition) is 0. The van der Waals surface area contributed by atoms with Crippen LogP contribution in [0.2, 0.25) is 0 Å². The molecule has 1 fully saturated rings. The average molecular weight is 264 g/mol. The van der Waals surface area contributed by atoms with Gasteiger partial charge in [0, 0.05) is 5.56 Å². The fourth-order valence-electron chi connectivity index (χ4n) is 2.40. The summed E-state index contributed by atoms with van der Waals surface area (Å²) in [5.74, 6) is 2.27. The normalized spacial score (nSPS) is 19.6. The maximum Gasteiger partial charge on any atom is 0.176 e. The number of Topliss-reactive ketones (excluding diaryl/α,β-unsaturated/α-hetero) is 1. The van der Waals surface area contributed by atoms with Crippen LogP contribution in [-0.2, 0) is 0 Å². The van der Waals surface area contributed by atoms with E-state index >= 15 is 0 Å². The zero-order chi connectivity index (χ0) is 13.1. The molecule has 1 atom stereocenters. The number of carbonyl (C=O) groups excluding carboxylic acids is 1. The molecular weight excluding hydrogens is 244 g/mol. The molecule has 1 aliphatic rings. The van der Waals surface area contributed by atoms with Crippen LogP contribution in [0.15, 0.2) is 12.1 Å². The van der Waals surface area contributed by atoms with E-state index in [4.69, 9.17) is 4.74 Å². The number of ether oxygens (including phenoxy) is 1. The maximum atomic E-state index is 12.5. The third-order valence-corrected chi connectivity index (χ3v) is 4.86. The van der Waals surface area contributed by atoms with Gasteiger partial charge in [0.1, 0.15) is 5.75 Å². The van der Waals surface area contributed by atoms with Crippen LogP contribution in [0.5, 0.6) is 5.75 Å². The molecule has 1 aromatic carbocycles. The smallest absolute Gasteiger partial charge is 0.176 e. The Hall–Kier alpha value is -0.960. The van der Waals surface area contributed by atoms with Gasteiger partial charge in [0.25, 0.3) is 0 Å². The van der Waals surface area contributed by atoms with Crippen molar-refractivity contribution in [3.8, 4) is 5.75 Å². The number of ketones is 1. The molecule has 3 heteroatoms. The number of methoxy groups -OCH3 is 1. The molecule has 1 aromatic rings. The van der Waals surface area contributed by atoms with Gasteiger partial charge in [-0.05, 0) is 55.7 Å². The Kier molecular flexibility index (Phi) is 4.33. The van der Waals surface area contributed by atoms with Gasteiger partial charge < -0.3 is 4.74 Å². The highest BCUT2D eigenvalue weighted by Gasteiger charge is 2.24. The highest BCUT2D eigenvalue weighted by atomic mass is 32.2. The third-order valence-electron chi connectivity index (χ3n) is 3.48. The molecule has 0 amide bonds. The molecule has 0 saturated carbocycles. The molecular formula is C15H20O2S. The van der Waals surface area contributed by atoms with Gasteiger partial charge in [-0.25, -0.2) is 0 Å². The maximum absolute atomic E-state index is 12.5. The number of hydrogen-bond acceptors (Lipinski definition) is 3. The van der Waals surface area contributed by atoms with Crippen LogP contribution >= 0.6 is 11.8 Å². The molecule has 18 heavy (non-hydrogen) atoms. The Morgan fingerprint density at radius 2 is 2.06 bits per heavy atom. The first-order chi connectivity index (χ1) is 8.63. The van der Waals surface area contributed by atoms with Crippen LogP contribution in [0.25, 0.3) is 0 Å². The summed E-state index contributed by atoms with van der Waals surface area (Å²) in [5.41, 5.74) is 2.92. The predicted octanol–water partition coefficient (Wildman–Crippen LogP) is 3.78. The number of thioether (sulfide) groups is 1. The third kappa shape index (κ3) is 2.72. The molecule has 0 bridgehead atoms. The Labute approximate surface area is 113 Å². The van der Waals surface area contributed by atoms with E-state index in [1.54, 1.807) is 7.11 Å². The largest absolute Gasteiger partial charge is 0.496 e. The van der Waals surface area contributed by atoms with Gasteiger partial charge in [-0.2, -0.15) is 11.8 Å². The monoisotopic (exact) mass is 264 g/mol. The van der Waals surface area contributed by atoms with E-state index in [-0.39, 0.29) is 5.25 Å². The van der Waals surface area contributed by atoms with E-state index in [0.29, 0.717) is 5.78 Å². The summed E-state index contributed by atoms with van der Waals surface area (Å²) in [6, 6.07) is 3.95. The zero-order valence-electron chi connectivity index (χ0n) is 11.3. The van der Waals surface area contributed by atoms with Crippen molar-refractivity contribution in [1.29, 1.82) is 0 Å². The van der Waals surface area contributed by atoms with Gasteiger partial charge in [-0.1, -0.05) is 6.42 Å². The molecule has 2 nitrogen and oxygen atoms in total. The Morgan fingerprint density at radius 3 is 2.67 bits per heavy atom. The van der Waals surface area contributed by atoms with Crippen molar-refractivity contribution in [2.75, 3.05) is 12.9 Å². The van der Waals surface area contributed by atoms with Crippen LogP contribution < -0.4 is 4.74 Å². The fraction of sp³-hybridized carbons (Fsp3) is 0.533. The highest BCUT2D eigenvalue weighted by Crippen LogP contribution is 2.30. The minimum absolute atomic E-state index is 0.158. The molecule has 0 radical (unpaired) electrons. The van der Waals surface area contributed by atoms with Crippen LogP contribution in [0.4, 0.5) is 0 Å². The first kappa shape index (κ1) is 13.5. The second-order valence-electron chi connectivity index (χ2n) is 4.86. The average Bonchev–Trinajstić information content (AvgIpc) is 2.41. The topological polar surface area (TPSA) is 26.3 Å². The van der Waals surface area contributed by atoms with Crippen LogP contribution in [0.1, 0.15) is 40.7 Å². The Morgan fingerprint density at radius 1 is 1.28 bits per heavy atom. The van der Waals surface area contributed by atoms with Crippen molar-refractivity contribution in [3.63, 3.8) is 0 Å². The lowest BCUT2D eigenvalue weighted by Crippen LogP contribution is -2.22. The predicted molar refractivity (Wildman–Crippen MR) is 76.9 cm³/mol. The van der Waals surface area contributed by atoms with E-state index in [9.17, 15) is 4.79 Å². The second kappa shape index (κ2) is 5.79. The number of rotatable bonds is 3. The number of carbonyl (C=O) groups is 1. The molecule has 2 rings (SSSR count). The standard InChI is InChI=1S/C15H20O2S/c1-10-9-13(17-3)11(2)8-12(10)15(16)14-6-4-5-7-18-14/h8-9,14H,4-7H2,1-3H3. The van der Waals surface area contributed by atoms with Crippen molar-refractivity contribution in [2.24, 2.45) is 0 Å². The molecule has 98 valence electrons. The van der Waals surface area contributed by atoms with Crippen molar-refractivity contribution in [2.45, 2.75) is 38.4 Å². The summed E-state index contributed by atoms with van der Waals surface area (Å²) in [4.78, 5) is 12.5. The highest BCUT2D eigenvalue weighted by molar-refractivity contribution is 8.00. The van der Waals surface area contributed by atoms with Crippen molar-refractivity contribution in [1.82, 2.24) is 0 Å². The molecule has 1 saturated heterocycles. The van der Waals surface area contributed by atoms with Crippen LogP contribution in [0, 0.1) is 13.8 Å². The summed E-state index contributed by atoms with van der Waals surface area (Å²) < 4.78 is 5.29. The molecule has 1 heterocycles. The van der Waals surface area contributed by atoms with Gasteiger partial charge in [-0.15, -0.1) is 0 Å². The molecule has 0 aliphatic carbocycles. The minimum atomic E-state index is 0.158. The van der Waals surface area contributed by atoms with Crippen molar-refractivity contribution >= 4 is 17.5 Å². The van der Waals surface area contributed by atoms with Crippen LogP contribution in [-0.4, -0.2) is 23.9 Å². The molecule has 0 aromatic heterocycles. The van der Waals surface area contributed by atoms with E-state index in [1.165, 1.54) is 12.8 Å². The summed E-state index contributed by atoms with van der Waals surface area (Å²) in [6.45, 7) is 3.98. The molecule has 1 aliphatic heterocycles. The lowest BCUT2D eigenvalue weighted by Gasteiger charge is -2.21. The summed E-state index contributed by atoms with van der Waals surface area (Å²) in [7, 11) is 1.67. The SMILES string of the molecule is COc1cc(C)c(C(=O)C2CCCCS2)cc1C. The van der Waals surface area contributed by atoms with E-state index in [1.807, 2.05) is 37.7 Å². The molecule has 1 unspecified atom stereocenters.